The molecule has 1 saturated carbocycles. The Hall–Kier alpha value is -2.04. The summed E-state index contributed by atoms with van der Waals surface area (Å²) in [5, 5.41) is 12.1. The fourth-order valence-corrected chi connectivity index (χ4v) is 2.53. The summed E-state index contributed by atoms with van der Waals surface area (Å²) in [6, 6.07) is 4.78. The Labute approximate surface area is 124 Å². The van der Waals surface area contributed by atoms with Crippen molar-refractivity contribution in [1.82, 2.24) is 5.32 Å². The van der Waals surface area contributed by atoms with Crippen molar-refractivity contribution in [3.05, 3.63) is 29.3 Å². The van der Waals surface area contributed by atoms with Gasteiger partial charge in [0.1, 0.15) is 11.3 Å². The van der Waals surface area contributed by atoms with Gasteiger partial charge in [-0.05, 0) is 50.8 Å². The lowest BCUT2D eigenvalue weighted by molar-refractivity contribution is -0.123. The van der Waals surface area contributed by atoms with E-state index in [9.17, 15) is 9.59 Å². The summed E-state index contributed by atoms with van der Waals surface area (Å²) < 4.78 is 5.34. The molecule has 1 aliphatic rings. The van der Waals surface area contributed by atoms with E-state index in [1.165, 1.54) is 6.07 Å². The Bertz CT molecular complexity index is 549. The molecule has 0 unspecified atom stereocenters. The molecule has 0 aliphatic heterocycles. The molecule has 5 nitrogen and oxygen atoms in total. The van der Waals surface area contributed by atoms with Crippen LogP contribution in [0.2, 0.25) is 0 Å². The van der Waals surface area contributed by atoms with E-state index < -0.39 is 5.97 Å². The number of carbonyl (C=O) groups is 2. The van der Waals surface area contributed by atoms with Gasteiger partial charge in [0, 0.05) is 5.54 Å². The fraction of sp³-hybridized carbons (Fsp3) is 0.500. The topological polar surface area (TPSA) is 75.6 Å². The van der Waals surface area contributed by atoms with Gasteiger partial charge in [0.05, 0.1) is 13.0 Å². The molecule has 0 atom stereocenters. The predicted octanol–water partition coefficient (Wildman–Crippen LogP) is 2.38. The minimum atomic E-state index is -1.03. The molecular weight excluding hydrogens is 270 g/mol. The van der Waals surface area contributed by atoms with E-state index in [2.05, 4.69) is 5.32 Å². The molecule has 1 aromatic rings. The molecule has 0 radical (unpaired) electrons. The predicted molar refractivity (Wildman–Crippen MR) is 78.7 cm³/mol. The lowest BCUT2D eigenvalue weighted by Crippen LogP contribution is -2.51. The standard InChI is InChI=1S/C16H21NO4/c1-3-21-13-9-11(5-6-12(13)15(19)20)10-14(18)17-16(2)7-4-8-16/h5-6,9H,3-4,7-8,10H2,1-2H3,(H,17,18)(H,19,20). The van der Waals surface area contributed by atoms with Crippen LogP contribution in [-0.4, -0.2) is 29.1 Å². The van der Waals surface area contributed by atoms with Crippen molar-refractivity contribution in [3.63, 3.8) is 0 Å². The van der Waals surface area contributed by atoms with E-state index in [4.69, 9.17) is 9.84 Å². The maximum atomic E-state index is 12.0. The van der Waals surface area contributed by atoms with Crippen LogP contribution in [-0.2, 0) is 11.2 Å². The third-order valence-corrected chi connectivity index (χ3v) is 3.84. The van der Waals surface area contributed by atoms with Crippen LogP contribution in [0.3, 0.4) is 0 Å². The fourth-order valence-electron chi connectivity index (χ4n) is 2.53. The third-order valence-electron chi connectivity index (χ3n) is 3.84. The largest absolute Gasteiger partial charge is 0.493 e. The van der Waals surface area contributed by atoms with Gasteiger partial charge in [0.15, 0.2) is 0 Å². The molecule has 2 N–H and O–H groups in total. The normalized spacial score (nSPS) is 15.9. The lowest BCUT2D eigenvalue weighted by Gasteiger charge is -2.39. The smallest absolute Gasteiger partial charge is 0.339 e. The maximum absolute atomic E-state index is 12.0. The first kappa shape index (κ1) is 15.4. The summed E-state index contributed by atoms with van der Waals surface area (Å²) in [5.41, 5.74) is 0.803. The minimum Gasteiger partial charge on any atom is -0.493 e. The summed E-state index contributed by atoms with van der Waals surface area (Å²) in [7, 11) is 0. The van der Waals surface area contributed by atoms with Crippen LogP contribution in [0.5, 0.6) is 5.75 Å². The number of ether oxygens (including phenoxy) is 1. The van der Waals surface area contributed by atoms with Crippen molar-refractivity contribution in [2.24, 2.45) is 0 Å². The molecule has 0 bridgehead atoms. The third kappa shape index (κ3) is 3.74. The van der Waals surface area contributed by atoms with Crippen LogP contribution in [0.4, 0.5) is 0 Å². The number of carboxylic acids is 1. The number of amides is 1. The number of hydrogen-bond donors (Lipinski definition) is 2. The zero-order chi connectivity index (χ0) is 15.5. The van der Waals surface area contributed by atoms with E-state index in [0.29, 0.717) is 12.4 Å². The number of carbonyl (C=O) groups excluding carboxylic acids is 1. The van der Waals surface area contributed by atoms with Gasteiger partial charge in [-0.25, -0.2) is 4.79 Å². The Morgan fingerprint density at radius 1 is 1.38 bits per heavy atom. The highest BCUT2D eigenvalue weighted by atomic mass is 16.5. The van der Waals surface area contributed by atoms with Gasteiger partial charge in [0.2, 0.25) is 5.91 Å². The number of rotatable bonds is 6. The Morgan fingerprint density at radius 2 is 2.10 bits per heavy atom. The number of hydrogen-bond acceptors (Lipinski definition) is 3. The quantitative estimate of drug-likeness (QED) is 0.843. The second-order valence-electron chi connectivity index (χ2n) is 5.71. The molecule has 2 rings (SSSR count). The minimum absolute atomic E-state index is 0.0391. The molecule has 1 aliphatic carbocycles. The van der Waals surface area contributed by atoms with Crippen LogP contribution in [0.1, 0.15) is 49.0 Å². The van der Waals surface area contributed by atoms with E-state index in [1.807, 2.05) is 6.92 Å². The van der Waals surface area contributed by atoms with Gasteiger partial charge >= 0.3 is 5.97 Å². The molecule has 0 heterocycles. The van der Waals surface area contributed by atoms with Gasteiger partial charge in [-0.3, -0.25) is 4.79 Å². The molecule has 1 fully saturated rings. The van der Waals surface area contributed by atoms with Crippen molar-refractivity contribution >= 4 is 11.9 Å². The highest BCUT2D eigenvalue weighted by Gasteiger charge is 2.32. The van der Waals surface area contributed by atoms with Crippen LogP contribution in [0, 0.1) is 0 Å². The van der Waals surface area contributed by atoms with E-state index in [0.717, 1.165) is 24.8 Å². The SMILES string of the molecule is CCOc1cc(CC(=O)NC2(C)CCC2)ccc1C(=O)O. The number of carboxylic acid groups (broad SMARTS) is 1. The average Bonchev–Trinajstić information content (AvgIpc) is 2.37. The Balaban J connectivity index is 2.07. The van der Waals surface area contributed by atoms with E-state index in [-0.39, 0.29) is 23.4 Å². The Morgan fingerprint density at radius 3 is 2.62 bits per heavy atom. The van der Waals surface area contributed by atoms with Gasteiger partial charge < -0.3 is 15.2 Å². The van der Waals surface area contributed by atoms with E-state index >= 15 is 0 Å². The highest BCUT2D eigenvalue weighted by Crippen LogP contribution is 2.31. The zero-order valence-corrected chi connectivity index (χ0v) is 12.4. The van der Waals surface area contributed by atoms with Crippen LogP contribution >= 0.6 is 0 Å². The number of benzene rings is 1. The summed E-state index contributed by atoms with van der Waals surface area (Å²) in [5.74, 6) is -0.760. The summed E-state index contributed by atoms with van der Waals surface area (Å²) in [6.07, 6.45) is 3.41. The number of aromatic carboxylic acids is 1. The first-order chi connectivity index (χ1) is 9.93. The first-order valence-electron chi connectivity index (χ1n) is 7.23. The first-order valence-corrected chi connectivity index (χ1v) is 7.23. The molecule has 0 spiro atoms. The van der Waals surface area contributed by atoms with Gasteiger partial charge in [0.25, 0.3) is 0 Å². The van der Waals surface area contributed by atoms with Crippen LogP contribution in [0.25, 0.3) is 0 Å². The average molecular weight is 291 g/mol. The van der Waals surface area contributed by atoms with Gasteiger partial charge in [-0.15, -0.1) is 0 Å². The molecular formula is C16H21NO4. The molecule has 1 amide bonds. The van der Waals surface area contributed by atoms with Crippen molar-refractivity contribution < 1.29 is 19.4 Å². The molecule has 0 saturated heterocycles. The van der Waals surface area contributed by atoms with Crippen LogP contribution < -0.4 is 10.1 Å². The van der Waals surface area contributed by atoms with E-state index in [1.54, 1.807) is 19.1 Å². The highest BCUT2D eigenvalue weighted by molar-refractivity contribution is 5.91. The van der Waals surface area contributed by atoms with Gasteiger partial charge in [-0.2, -0.15) is 0 Å². The lowest BCUT2D eigenvalue weighted by atomic mass is 9.78. The molecule has 1 aromatic carbocycles. The molecule has 5 heteroatoms. The van der Waals surface area contributed by atoms with Crippen molar-refractivity contribution in [3.8, 4) is 5.75 Å². The molecule has 21 heavy (non-hydrogen) atoms. The second kappa shape index (κ2) is 6.16. The van der Waals surface area contributed by atoms with Crippen molar-refractivity contribution in [2.75, 3.05) is 6.61 Å². The molecule has 114 valence electrons. The van der Waals surface area contributed by atoms with Crippen molar-refractivity contribution in [2.45, 2.75) is 45.1 Å². The van der Waals surface area contributed by atoms with Crippen LogP contribution in [0.15, 0.2) is 18.2 Å². The maximum Gasteiger partial charge on any atom is 0.339 e. The zero-order valence-electron chi connectivity index (χ0n) is 12.4. The summed E-state index contributed by atoms with van der Waals surface area (Å²) >= 11 is 0. The summed E-state index contributed by atoms with van der Waals surface area (Å²) in [4.78, 5) is 23.1. The molecule has 0 aromatic heterocycles. The number of nitrogens with one attached hydrogen (secondary N) is 1. The summed E-state index contributed by atoms with van der Waals surface area (Å²) in [6.45, 7) is 4.23. The Kier molecular flexibility index (Phi) is 4.50. The van der Waals surface area contributed by atoms with Gasteiger partial charge in [-0.1, -0.05) is 6.07 Å². The monoisotopic (exact) mass is 291 g/mol. The second-order valence-corrected chi connectivity index (χ2v) is 5.71. The van der Waals surface area contributed by atoms with Crippen molar-refractivity contribution in [1.29, 1.82) is 0 Å².